The minimum absolute atomic E-state index is 0.0680. The summed E-state index contributed by atoms with van der Waals surface area (Å²) in [6.07, 6.45) is 2.19. The van der Waals surface area contributed by atoms with Crippen LogP contribution in [0.2, 0.25) is 0 Å². The van der Waals surface area contributed by atoms with Crippen molar-refractivity contribution in [3.63, 3.8) is 0 Å². The Balaban J connectivity index is 2.29. The summed E-state index contributed by atoms with van der Waals surface area (Å²) in [4.78, 5) is 12.0. The van der Waals surface area contributed by atoms with E-state index in [4.69, 9.17) is 10.5 Å². The summed E-state index contributed by atoms with van der Waals surface area (Å²) in [5.41, 5.74) is 7.80. The molecule has 0 fully saturated rings. The number of carbonyl (C=O) groups is 1. The molecule has 130 valence electrons. The van der Waals surface area contributed by atoms with Gasteiger partial charge in [-0.15, -0.1) is 0 Å². The summed E-state index contributed by atoms with van der Waals surface area (Å²) < 4.78 is 5.81. The first-order valence-electron chi connectivity index (χ1n) is 8.49. The predicted molar refractivity (Wildman–Crippen MR) is 95.7 cm³/mol. The lowest BCUT2D eigenvalue weighted by molar-refractivity contribution is -0.123. The van der Waals surface area contributed by atoms with Crippen LogP contribution in [0.15, 0.2) is 18.2 Å². The molecule has 0 bridgehead atoms. The molecule has 4 nitrogen and oxygen atoms in total. The third-order valence-corrected chi connectivity index (χ3v) is 4.52. The normalized spacial score (nSPS) is 13.7. The van der Waals surface area contributed by atoms with Crippen LogP contribution in [0.4, 0.5) is 0 Å². The van der Waals surface area contributed by atoms with Crippen LogP contribution >= 0.6 is 0 Å². The third kappa shape index (κ3) is 6.22. The lowest BCUT2D eigenvalue weighted by Gasteiger charge is -2.33. The van der Waals surface area contributed by atoms with Crippen molar-refractivity contribution in [1.29, 1.82) is 0 Å². The zero-order chi connectivity index (χ0) is 17.5. The van der Waals surface area contributed by atoms with E-state index in [1.807, 2.05) is 13.8 Å². The number of hydrogen-bond donors (Lipinski definition) is 2. The molecule has 0 heterocycles. The number of unbranched alkanes of at least 4 members (excludes halogenated alkanes) is 1. The molecule has 0 saturated carbocycles. The Labute approximate surface area is 140 Å². The largest absolute Gasteiger partial charge is 0.493 e. The van der Waals surface area contributed by atoms with Crippen LogP contribution in [0.5, 0.6) is 5.75 Å². The monoisotopic (exact) mass is 320 g/mol. The Morgan fingerprint density at radius 1 is 1.30 bits per heavy atom. The van der Waals surface area contributed by atoms with E-state index in [9.17, 15) is 4.79 Å². The van der Waals surface area contributed by atoms with Crippen molar-refractivity contribution in [3.05, 3.63) is 29.3 Å². The standard InChI is InChI=1S/C19H32N2O2/c1-14(2)19(5,13-20)21-18(22)8-6-7-11-23-17-12-15(3)9-10-16(17)4/h9-10,12,14H,6-8,11,13,20H2,1-5H3,(H,21,22). The zero-order valence-electron chi connectivity index (χ0n) is 15.2. The summed E-state index contributed by atoms with van der Waals surface area (Å²) >= 11 is 0. The van der Waals surface area contributed by atoms with Gasteiger partial charge < -0.3 is 15.8 Å². The number of carbonyl (C=O) groups excluding carboxylic acids is 1. The van der Waals surface area contributed by atoms with Crippen LogP contribution in [0.3, 0.4) is 0 Å². The van der Waals surface area contributed by atoms with Gasteiger partial charge in [0.2, 0.25) is 5.91 Å². The Morgan fingerprint density at radius 2 is 2.00 bits per heavy atom. The highest BCUT2D eigenvalue weighted by atomic mass is 16.5. The number of nitrogens with two attached hydrogens (primary N) is 1. The molecular weight excluding hydrogens is 288 g/mol. The molecule has 1 amide bonds. The molecule has 0 aliphatic carbocycles. The maximum absolute atomic E-state index is 12.0. The molecule has 3 N–H and O–H groups in total. The molecule has 0 aliphatic heterocycles. The van der Waals surface area contributed by atoms with Gasteiger partial charge in [-0.1, -0.05) is 26.0 Å². The lowest BCUT2D eigenvalue weighted by Crippen LogP contribution is -2.54. The van der Waals surface area contributed by atoms with Gasteiger partial charge >= 0.3 is 0 Å². The number of nitrogens with one attached hydrogen (secondary N) is 1. The first-order valence-corrected chi connectivity index (χ1v) is 8.49. The quantitative estimate of drug-likeness (QED) is 0.686. The van der Waals surface area contributed by atoms with Crippen molar-refractivity contribution in [1.82, 2.24) is 5.32 Å². The van der Waals surface area contributed by atoms with Gasteiger partial charge in [-0.05, 0) is 56.7 Å². The molecule has 1 aromatic carbocycles. The Morgan fingerprint density at radius 3 is 2.61 bits per heavy atom. The van der Waals surface area contributed by atoms with Crippen LogP contribution in [-0.4, -0.2) is 24.6 Å². The van der Waals surface area contributed by atoms with Gasteiger partial charge in [0.05, 0.1) is 12.1 Å². The van der Waals surface area contributed by atoms with Crippen molar-refractivity contribution in [2.45, 2.75) is 59.4 Å². The number of rotatable bonds is 9. The van der Waals surface area contributed by atoms with E-state index in [-0.39, 0.29) is 11.4 Å². The second-order valence-corrected chi connectivity index (χ2v) is 6.90. The van der Waals surface area contributed by atoms with Gasteiger partial charge in [0, 0.05) is 13.0 Å². The van der Waals surface area contributed by atoms with Crippen molar-refractivity contribution in [2.75, 3.05) is 13.2 Å². The highest BCUT2D eigenvalue weighted by Gasteiger charge is 2.28. The van der Waals surface area contributed by atoms with Crippen LogP contribution in [-0.2, 0) is 4.79 Å². The molecular formula is C19H32N2O2. The summed E-state index contributed by atoms with van der Waals surface area (Å²) in [5, 5.41) is 3.06. The van der Waals surface area contributed by atoms with Crippen LogP contribution < -0.4 is 15.8 Å². The first kappa shape index (κ1) is 19.5. The van der Waals surface area contributed by atoms with Crippen LogP contribution in [0, 0.1) is 19.8 Å². The smallest absolute Gasteiger partial charge is 0.220 e. The topological polar surface area (TPSA) is 64.3 Å². The third-order valence-electron chi connectivity index (χ3n) is 4.52. The van der Waals surface area contributed by atoms with E-state index in [0.29, 0.717) is 25.5 Å². The van der Waals surface area contributed by atoms with E-state index in [0.717, 1.165) is 24.2 Å². The Hall–Kier alpha value is -1.55. The maximum atomic E-state index is 12.0. The number of hydrogen-bond acceptors (Lipinski definition) is 3. The highest BCUT2D eigenvalue weighted by molar-refractivity contribution is 5.76. The highest BCUT2D eigenvalue weighted by Crippen LogP contribution is 2.19. The van der Waals surface area contributed by atoms with Crippen LogP contribution in [0.25, 0.3) is 0 Å². The predicted octanol–water partition coefficient (Wildman–Crippen LogP) is 3.34. The first-order chi connectivity index (χ1) is 10.8. The fraction of sp³-hybridized carbons (Fsp3) is 0.632. The van der Waals surface area contributed by atoms with Crippen molar-refractivity contribution in [2.24, 2.45) is 11.7 Å². The van der Waals surface area contributed by atoms with Crippen molar-refractivity contribution >= 4 is 5.91 Å². The van der Waals surface area contributed by atoms with Gasteiger partial charge in [0.25, 0.3) is 0 Å². The molecule has 1 unspecified atom stereocenters. The molecule has 1 rings (SSSR count). The molecule has 4 heteroatoms. The molecule has 0 aromatic heterocycles. The van der Waals surface area contributed by atoms with Gasteiger partial charge in [0.1, 0.15) is 5.75 Å². The summed E-state index contributed by atoms with van der Waals surface area (Å²) in [5.74, 6) is 1.31. The number of ether oxygens (including phenoxy) is 1. The molecule has 1 aromatic rings. The van der Waals surface area contributed by atoms with E-state index in [2.05, 4.69) is 44.3 Å². The van der Waals surface area contributed by atoms with Crippen molar-refractivity contribution < 1.29 is 9.53 Å². The minimum atomic E-state index is -0.327. The van der Waals surface area contributed by atoms with E-state index < -0.39 is 0 Å². The van der Waals surface area contributed by atoms with Gasteiger partial charge in [-0.3, -0.25) is 4.79 Å². The molecule has 0 aliphatic rings. The van der Waals surface area contributed by atoms with Crippen LogP contribution in [0.1, 0.15) is 51.2 Å². The second-order valence-electron chi connectivity index (χ2n) is 6.90. The van der Waals surface area contributed by atoms with Gasteiger partial charge in [-0.25, -0.2) is 0 Å². The number of aryl methyl sites for hydroxylation is 2. The summed E-state index contributed by atoms with van der Waals surface area (Å²) in [6.45, 7) is 11.3. The van der Waals surface area contributed by atoms with E-state index in [1.165, 1.54) is 5.56 Å². The fourth-order valence-corrected chi connectivity index (χ4v) is 2.24. The summed E-state index contributed by atoms with van der Waals surface area (Å²) in [6, 6.07) is 6.20. The average Bonchev–Trinajstić information content (AvgIpc) is 2.49. The molecule has 0 radical (unpaired) electrons. The summed E-state index contributed by atoms with van der Waals surface area (Å²) in [7, 11) is 0. The SMILES string of the molecule is Cc1ccc(C)c(OCCCCC(=O)NC(C)(CN)C(C)C)c1. The average molecular weight is 320 g/mol. The zero-order valence-corrected chi connectivity index (χ0v) is 15.2. The minimum Gasteiger partial charge on any atom is -0.493 e. The van der Waals surface area contributed by atoms with Crippen molar-refractivity contribution in [3.8, 4) is 5.75 Å². The van der Waals surface area contributed by atoms with Gasteiger partial charge in [-0.2, -0.15) is 0 Å². The van der Waals surface area contributed by atoms with E-state index >= 15 is 0 Å². The van der Waals surface area contributed by atoms with Gasteiger partial charge in [0.15, 0.2) is 0 Å². The molecule has 0 spiro atoms. The Bertz CT molecular complexity index is 514. The maximum Gasteiger partial charge on any atom is 0.220 e. The van der Waals surface area contributed by atoms with E-state index in [1.54, 1.807) is 0 Å². The molecule has 0 saturated heterocycles. The number of amides is 1. The Kier molecular flexibility index (Phi) is 7.56. The second kappa shape index (κ2) is 8.92. The molecule has 23 heavy (non-hydrogen) atoms. The molecule has 1 atom stereocenters. The number of benzene rings is 1. The fourth-order valence-electron chi connectivity index (χ4n) is 2.24. The lowest BCUT2D eigenvalue weighted by atomic mass is 9.88.